The Kier molecular flexibility index (Phi) is 7.40. The first-order valence-electron chi connectivity index (χ1n) is 14.2. The molecule has 1 aromatic carbocycles. The van der Waals surface area contributed by atoms with Crippen LogP contribution in [0.2, 0.25) is 0 Å². The highest BCUT2D eigenvalue weighted by Gasteiger charge is 2.50. The Morgan fingerprint density at radius 1 is 1.24 bits per heavy atom. The molecule has 1 amide bonds. The number of cyclic esters (lactones) is 1. The molecule has 0 aromatic heterocycles. The summed E-state index contributed by atoms with van der Waals surface area (Å²) >= 11 is 0. The fourth-order valence-electron chi connectivity index (χ4n) is 7.07. The molecule has 8 nitrogen and oxygen atoms in total. The van der Waals surface area contributed by atoms with Crippen LogP contribution in [0.1, 0.15) is 76.0 Å². The van der Waals surface area contributed by atoms with E-state index in [9.17, 15) is 9.59 Å². The number of nitrogens with zero attached hydrogens (tertiary/aromatic N) is 3. The van der Waals surface area contributed by atoms with Gasteiger partial charge in [0, 0.05) is 30.7 Å². The second-order valence-electron chi connectivity index (χ2n) is 11.8. The van der Waals surface area contributed by atoms with Crippen LogP contribution >= 0.6 is 0 Å². The van der Waals surface area contributed by atoms with Gasteiger partial charge in [-0.15, -0.1) is 0 Å². The number of hydrogen-bond acceptors (Lipinski definition) is 6. The van der Waals surface area contributed by atoms with Crippen LogP contribution in [0.5, 0.6) is 0 Å². The maximum Gasteiger partial charge on any atom is 0.336 e. The molecule has 0 bridgehead atoms. The maximum atomic E-state index is 13.5. The van der Waals surface area contributed by atoms with E-state index in [2.05, 4.69) is 54.2 Å². The van der Waals surface area contributed by atoms with Crippen LogP contribution in [0.15, 0.2) is 29.5 Å². The minimum atomic E-state index is -0.297. The van der Waals surface area contributed by atoms with Crippen LogP contribution in [0.25, 0.3) is 0 Å². The Balaban J connectivity index is 1.18. The molecule has 206 valence electrons. The summed E-state index contributed by atoms with van der Waals surface area (Å²) in [6.07, 6.45) is 6.79. The molecule has 0 radical (unpaired) electrons. The average molecular weight is 522 g/mol. The molecule has 1 aromatic rings. The Labute approximate surface area is 226 Å². The highest BCUT2D eigenvalue weighted by Crippen LogP contribution is 2.47. The minimum Gasteiger partial charge on any atom is -0.456 e. The monoisotopic (exact) mass is 521 g/mol. The van der Waals surface area contributed by atoms with Gasteiger partial charge in [0.15, 0.2) is 0 Å². The number of nitrogens with one attached hydrogen (secondary N) is 2. The number of fused-ring (bicyclic) bond motifs is 1. The molecule has 3 heterocycles. The molecular formula is C30H43N5O3. The van der Waals surface area contributed by atoms with Crippen molar-refractivity contribution in [3.8, 4) is 0 Å². The first kappa shape index (κ1) is 26.9. The van der Waals surface area contributed by atoms with Gasteiger partial charge in [-0.3, -0.25) is 10.2 Å². The van der Waals surface area contributed by atoms with E-state index in [4.69, 9.17) is 10.1 Å². The predicted octanol–water partition coefficient (Wildman–Crippen LogP) is 3.64. The van der Waals surface area contributed by atoms with Gasteiger partial charge in [0.1, 0.15) is 12.4 Å². The number of benzene rings is 1. The van der Waals surface area contributed by atoms with Crippen LogP contribution in [-0.4, -0.2) is 77.9 Å². The lowest BCUT2D eigenvalue weighted by molar-refractivity contribution is -0.138. The van der Waals surface area contributed by atoms with Crippen LogP contribution in [0.4, 0.5) is 0 Å². The van der Waals surface area contributed by atoms with Gasteiger partial charge in [0.25, 0.3) is 0 Å². The number of ether oxygens (including phenoxy) is 1. The summed E-state index contributed by atoms with van der Waals surface area (Å²) in [6.45, 7) is 7.92. The Morgan fingerprint density at radius 2 is 1.97 bits per heavy atom. The molecular weight excluding hydrogens is 478 g/mol. The summed E-state index contributed by atoms with van der Waals surface area (Å²) < 4.78 is 5.16. The lowest BCUT2D eigenvalue weighted by Crippen LogP contribution is -2.45. The van der Waals surface area contributed by atoms with Crippen molar-refractivity contribution in [2.75, 3.05) is 27.2 Å². The number of likely N-dealkylation sites (N-methyl/N-ethyl adjacent to an activating group) is 1. The van der Waals surface area contributed by atoms with E-state index in [0.29, 0.717) is 30.0 Å². The highest BCUT2D eigenvalue weighted by atomic mass is 16.5. The van der Waals surface area contributed by atoms with Crippen molar-refractivity contribution < 1.29 is 14.3 Å². The molecule has 1 saturated carbocycles. The zero-order valence-electron chi connectivity index (χ0n) is 23.6. The van der Waals surface area contributed by atoms with Crippen LogP contribution in [0.3, 0.4) is 0 Å². The zero-order valence-corrected chi connectivity index (χ0v) is 23.6. The SMILES string of the molecule is CCC(NC)N1Cc2ccc(CC(C)N(C)C3CCC4(CC3)CCN(C3=C(C)C(=O)OC3)C4=O)cc2C1=N. The van der Waals surface area contributed by atoms with Gasteiger partial charge in [-0.25, -0.2) is 4.79 Å². The number of esters is 1. The van der Waals surface area contributed by atoms with Crippen LogP contribution < -0.4 is 5.32 Å². The molecule has 2 fully saturated rings. The number of carbonyl (C=O) groups is 2. The van der Waals surface area contributed by atoms with E-state index in [1.165, 1.54) is 11.1 Å². The largest absolute Gasteiger partial charge is 0.456 e. The lowest BCUT2D eigenvalue weighted by atomic mass is 9.71. The fourth-order valence-corrected chi connectivity index (χ4v) is 7.07. The number of rotatable bonds is 8. The van der Waals surface area contributed by atoms with Crippen LogP contribution in [-0.2, 0) is 27.3 Å². The third-order valence-corrected chi connectivity index (χ3v) is 9.79. The van der Waals surface area contributed by atoms with Crippen molar-refractivity contribution >= 4 is 17.7 Å². The molecule has 1 aliphatic carbocycles. The van der Waals surface area contributed by atoms with E-state index in [1.54, 1.807) is 6.92 Å². The number of carbonyl (C=O) groups excluding carboxylic acids is 2. The number of likely N-dealkylation sites (tertiary alicyclic amines) is 1. The number of amides is 1. The molecule has 2 unspecified atom stereocenters. The molecule has 2 atom stereocenters. The average Bonchev–Trinajstić information content (AvgIpc) is 3.54. The van der Waals surface area contributed by atoms with Gasteiger partial charge in [-0.2, -0.15) is 0 Å². The molecule has 5 rings (SSSR count). The summed E-state index contributed by atoms with van der Waals surface area (Å²) in [5.74, 6) is 0.516. The smallest absolute Gasteiger partial charge is 0.336 e. The molecule has 38 heavy (non-hydrogen) atoms. The maximum absolute atomic E-state index is 13.5. The molecule has 8 heteroatoms. The molecule has 2 N–H and O–H groups in total. The second kappa shape index (κ2) is 10.5. The van der Waals surface area contributed by atoms with E-state index in [0.717, 1.165) is 62.8 Å². The predicted molar refractivity (Wildman–Crippen MR) is 148 cm³/mol. The van der Waals surface area contributed by atoms with Gasteiger partial charge in [0.05, 0.1) is 22.9 Å². The Morgan fingerprint density at radius 3 is 2.61 bits per heavy atom. The second-order valence-corrected chi connectivity index (χ2v) is 11.8. The Hall–Kier alpha value is -2.71. The summed E-state index contributed by atoms with van der Waals surface area (Å²) in [6, 6.07) is 7.48. The van der Waals surface area contributed by atoms with Gasteiger partial charge in [-0.05, 0) is 90.1 Å². The molecule has 1 saturated heterocycles. The Bertz CT molecular complexity index is 1150. The summed E-state index contributed by atoms with van der Waals surface area (Å²) in [4.78, 5) is 31.8. The van der Waals surface area contributed by atoms with Crippen LogP contribution in [0, 0.1) is 10.8 Å². The highest BCUT2D eigenvalue weighted by molar-refractivity contribution is 6.00. The summed E-state index contributed by atoms with van der Waals surface area (Å²) in [7, 11) is 4.19. The normalized spacial score (nSPS) is 27.1. The van der Waals surface area contributed by atoms with Crippen molar-refractivity contribution in [3.63, 3.8) is 0 Å². The minimum absolute atomic E-state index is 0.187. The lowest BCUT2D eigenvalue weighted by Gasteiger charge is -2.41. The molecule has 1 spiro atoms. The molecule has 3 aliphatic heterocycles. The number of amidine groups is 1. The topological polar surface area (TPSA) is 89.0 Å². The summed E-state index contributed by atoms with van der Waals surface area (Å²) in [5, 5.41) is 12.1. The summed E-state index contributed by atoms with van der Waals surface area (Å²) in [5.41, 5.74) is 4.65. The quantitative estimate of drug-likeness (QED) is 0.508. The first-order chi connectivity index (χ1) is 18.2. The van der Waals surface area contributed by atoms with Gasteiger partial charge in [-0.1, -0.05) is 19.1 Å². The standard InChI is InChI=1S/C30H43N5O3/c1-6-26(32-4)35-17-22-8-7-21(16-24(22)27(35)31)15-19(2)33(5)23-9-11-30(12-10-23)13-14-34(29(30)37)25-18-38-28(36)20(25)3/h7-8,16,19,23,26,31-32H,6,9-15,17-18H2,1-5H3. The fraction of sp³-hybridized carbons (Fsp3) is 0.633. The molecule has 4 aliphatic rings. The third kappa shape index (κ3) is 4.56. The van der Waals surface area contributed by atoms with Gasteiger partial charge in [0.2, 0.25) is 5.91 Å². The van der Waals surface area contributed by atoms with Crippen molar-refractivity contribution in [1.29, 1.82) is 5.41 Å². The van der Waals surface area contributed by atoms with Crippen molar-refractivity contribution in [2.45, 2.75) is 90.5 Å². The zero-order chi connectivity index (χ0) is 27.2. The van der Waals surface area contributed by atoms with Gasteiger partial charge < -0.3 is 24.8 Å². The third-order valence-electron chi connectivity index (χ3n) is 9.79. The van der Waals surface area contributed by atoms with E-state index < -0.39 is 0 Å². The van der Waals surface area contributed by atoms with E-state index >= 15 is 0 Å². The van der Waals surface area contributed by atoms with E-state index in [-0.39, 0.29) is 30.1 Å². The first-order valence-corrected chi connectivity index (χ1v) is 14.2. The van der Waals surface area contributed by atoms with Crippen molar-refractivity contribution in [3.05, 3.63) is 46.2 Å². The van der Waals surface area contributed by atoms with Gasteiger partial charge >= 0.3 is 5.97 Å². The van der Waals surface area contributed by atoms with Crippen molar-refractivity contribution in [2.24, 2.45) is 5.41 Å². The number of hydrogen-bond donors (Lipinski definition) is 2. The van der Waals surface area contributed by atoms with E-state index in [1.807, 2.05) is 11.9 Å². The van der Waals surface area contributed by atoms with Crippen molar-refractivity contribution in [1.82, 2.24) is 20.0 Å².